The Morgan fingerprint density at radius 2 is 2.04 bits per heavy atom. The molecule has 162 valence electrons. The lowest BCUT2D eigenvalue weighted by atomic mass is 9.58. The van der Waals surface area contributed by atoms with Crippen molar-refractivity contribution in [2.45, 2.75) is 84.8 Å². The second-order valence-corrected chi connectivity index (χ2v) is 7.62. The number of nitrogens with one attached hydrogen (secondary N) is 2. The van der Waals surface area contributed by atoms with Gasteiger partial charge in [0.25, 0.3) is 0 Å². The second kappa shape index (κ2) is 11.9. The Labute approximate surface area is 186 Å². The van der Waals surface area contributed by atoms with Crippen LogP contribution in [0.3, 0.4) is 0 Å². The molecule has 0 aliphatic heterocycles. The van der Waals surface area contributed by atoms with Crippen LogP contribution >= 0.6 is 24.0 Å². The Morgan fingerprint density at radius 1 is 1.32 bits per heavy atom. The summed E-state index contributed by atoms with van der Waals surface area (Å²) in [5, 5.41) is 11.0. The van der Waals surface area contributed by atoms with Gasteiger partial charge in [0.1, 0.15) is 0 Å². The molecule has 0 amide bonds. The highest BCUT2D eigenvalue weighted by molar-refractivity contribution is 14.0. The summed E-state index contributed by atoms with van der Waals surface area (Å²) in [6, 6.07) is 0.403. The summed E-state index contributed by atoms with van der Waals surface area (Å²) in [6.45, 7) is 12.3. The highest BCUT2D eigenvalue weighted by Crippen LogP contribution is 2.48. The van der Waals surface area contributed by atoms with Gasteiger partial charge in [-0.2, -0.15) is 4.98 Å². The fraction of sp³-hybridized carbons (Fsp3) is 0.850. The van der Waals surface area contributed by atoms with Crippen molar-refractivity contribution in [3.05, 3.63) is 11.7 Å². The number of hydrogen-bond donors (Lipinski definition) is 2. The summed E-state index contributed by atoms with van der Waals surface area (Å²) in [6.07, 6.45) is 5.29. The van der Waals surface area contributed by atoms with Crippen molar-refractivity contribution in [3.8, 4) is 0 Å². The molecular weight excluding hydrogens is 469 g/mol. The lowest BCUT2D eigenvalue weighted by Gasteiger charge is -2.55. The van der Waals surface area contributed by atoms with Gasteiger partial charge in [-0.05, 0) is 32.6 Å². The first-order valence-corrected chi connectivity index (χ1v) is 10.4. The van der Waals surface area contributed by atoms with E-state index in [1.807, 2.05) is 7.05 Å². The molecule has 1 aliphatic rings. The van der Waals surface area contributed by atoms with E-state index in [2.05, 4.69) is 60.4 Å². The number of ether oxygens (including phenoxy) is 1. The normalized spacial score (nSPS) is 21.2. The Kier molecular flexibility index (Phi) is 10.7. The summed E-state index contributed by atoms with van der Waals surface area (Å²) in [5.74, 6) is 2.64. The number of hydrogen-bond acceptors (Lipinski definition) is 5. The third-order valence-electron chi connectivity index (χ3n) is 5.86. The van der Waals surface area contributed by atoms with E-state index in [1.54, 1.807) is 0 Å². The van der Waals surface area contributed by atoms with Crippen LogP contribution in [0.2, 0.25) is 0 Å². The fourth-order valence-corrected chi connectivity index (χ4v) is 3.99. The van der Waals surface area contributed by atoms with Gasteiger partial charge in [-0.25, -0.2) is 0 Å². The molecule has 2 atom stereocenters. The van der Waals surface area contributed by atoms with Gasteiger partial charge in [0.15, 0.2) is 11.8 Å². The summed E-state index contributed by atoms with van der Waals surface area (Å²) < 4.78 is 11.3. The predicted molar refractivity (Wildman–Crippen MR) is 123 cm³/mol. The third kappa shape index (κ3) is 5.81. The first-order chi connectivity index (χ1) is 13.0. The monoisotopic (exact) mass is 507 g/mol. The van der Waals surface area contributed by atoms with Crippen LogP contribution in [0.5, 0.6) is 0 Å². The van der Waals surface area contributed by atoms with Gasteiger partial charge in [0, 0.05) is 44.0 Å². The SMILES string of the molecule is CCOC1CC(NC(=NC)NCCCc2nc(C(C)C)no2)C1(CC)CC.I. The number of halogens is 1. The van der Waals surface area contributed by atoms with Crippen LogP contribution in [0.25, 0.3) is 0 Å². The summed E-state index contributed by atoms with van der Waals surface area (Å²) >= 11 is 0. The highest BCUT2D eigenvalue weighted by Gasteiger charge is 2.53. The van der Waals surface area contributed by atoms with Crippen LogP contribution in [-0.4, -0.2) is 48.4 Å². The van der Waals surface area contributed by atoms with E-state index in [4.69, 9.17) is 9.26 Å². The van der Waals surface area contributed by atoms with E-state index in [0.717, 1.165) is 57.0 Å². The lowest BCUT2D eigenvalue weighted by Crippen LogP contribution is -2.65. The molecule has 8 heteroatoms. The van der Waals surface area contributed by atoms with Crippen molar-refractivity contribution in [1.82, 2.24) is 20.8 Å². The molecular formula is C20H38IN5O2. The molecule has 0 radical (unpaired) electrons. The van der Waals surface area contributed by atoms with Crippen LogP contribution in [0.1, 0.15) is 77.9 Å². The number of aliphatic imine (C=N–C) groups is 1. The van der Waals surface area contributed by atoms with Crippen LogP contribution in [0, 0.1) is 5.41 Å². The zero-order chi connectivity index (χ0) is 19.9. The molecule has 1 fully saturated rings. The van der Waals surface area contributed by atoms with Crippen molar-refractivity contribution in [3.63, 3.8) is 0 Å². The van der Waals surface area contributed by atoms with Gasteiger partial charge in [-0.3, -0.25) is 4.99 Å². The second-order valence-electron chi connectivity index (χ2n) is 7.62. The fourth-order valence-electron chi connectivity index (χ4n) is 3.99. The maximum Gasteiger partial charge on any atom is 0.226 e. The van der Waals surface area contributed by atoms with Gasteiger partial charge < -0.3 is 19.9 Å². The molecule has 0 saturated heterocycles. The Balaban J connectivity index is 0.00000392. The van der Waals surface area contributed by atoms with E-state index in [0.29, 0.717) is 24.0 Å². The van der Waals surface area contributed by atoms with Crippen molar-refractivity contribution in [2.75, 3.05) is 20.2 Å². The number of rotatable bonds is 10. The average Bonchev–Trinajstić information content (AvgIpc) is 3.13. The predicted octanol–water partition coefficient (Wildman–Crippen LogP) is 3.89. The molecule has 0 bridgehead atoms. The first kappa shape index (κ1) is 25.1. The van der Waals surface area contributed by atoms with Crippen molar-refractivity contribution in [2.24, 2.45) is 10.4 Å². The topological polar surface area (TPSA) is 84.6 Å². The van der Waals surface area contributed by atoms with E-state index < -0.39 is 0 Å². The molecule has 1 aromatic heterocycles. The molecule has 1 heterocycles. The van der Waals surface area contributed by atoms with Gasteiger partial charge in [-0.1, -0.05) is 32.9 Å². The minimum atomic E-state index is 0. The van der Waals surface area contributed by atoms with Crippen molar-refractivity contribution in [1.29, 1.82) is 0 Å². The quantitative estimate of drug-likeness (QED) is 0.216. The van der Waals surface area contributed by atoms with Gasteiger partial charge in [-0.15, -0.1) is 24.0 Å². The molecule has 0 spiro atoms. The molecule has 28 heavy (non-hydrogen) atoms. The smallest absolute Gasteiger partial charge is 0.226 e. The molecule has 2 rings (SSSR count). The van der Waals surface area contributed by atoms with E-state index in [-0.39, 0.29) is 29.4 Å². The number of aryl methyl sites for hydroxylation is 1. The van der Waals surface area contributed by atoms with Crippen LogP contribution in [0.15, 0.2) is 9.52 Å². The molecule has 7 nitrogen and oxygen atoms in total. The molecule has 0 aromatic carbocycles. The van der Waals surface area contributed by atoms with Crippen LogP contribution < -0.4 is 10.6 Å². The van der Waals surface area contributed by atoms with Crippen LogP contribution in [0.4, 0.5) is 0 Å². The Hall–Kier alpha value is -0.900. The zero-order valence-electron chi connectivity index (χ0n) is 18.2. The van der Waals surface area contributed by atoms with Gasteiger partial charge in [0.2, 0.25) is 5.89 Å². The molecule has 2 unspecified atom stereocenters. The number of guanidine groups is 1. The molecule has 1 saturated carbocycles. The first-order valence-electron chi connectivity index (χ1n) is 10.4. The van der Waals surface area contributed by atoms with Gasteiger partial charge in [0.05, 0.1) is 6.10 Å². The largest absolute Gasteiger partial charge is 0.378 e. The molecule has 1 aromatic rings. The van der Waals surface area contributed by atoms with E-state index >= 15 is 0 Å². The summed E-state index contributed by atoms with van der Waals surface area (Å²) in [5.41, 5.74) is 0.199. The minimum Gasteiger partial charge on any atom is -0.378 e. The van der Waals surface area contributed by atoms with Gasteiger partial charge >= 0.3 is 0 Å². The molecule has 2 N–H and O–H groups in total. The standard InChI is InChI=1S/C20H37N5O2.HI/c1-7-20(8-2)15(13-16(20)26-9-3)23-19(21-6)22-12-10-11-17-24-18(14(4)5)25-27-17;/h14-16H,7-13H2,1-6H3,(H2,21,22,23);1H. The number of nitrogens with zero attached hydrogens (tertiary/aromatic N) is 3. The van der Waals surface area contributed by atoms with E-state index in [9.17, 15) is 0 Å². The summed E-state index contributed by atoms with van der Waals surface area (Å²) in [7, 11) is 1.82. The molecule has 1 aliphatic carbocycles. The van der Waals surface area contributed by atoms with E-state index in [1.165, 1.54) is 0 Å². The summed E-state index contributed by atoms with van der Waals surface area (Å²) in [4.78, 5) is 8.81. The Morgan fingerprint density at radius 3 is 2.57 bits per heavy atom. The minimum absolute atomic E-state index is 0. The van der Waals surface area contributed by atoms with Crippen molar-refractivity contribution >= 4 is 29.9 Å². The lowest BCUT2D eigenvalue weighted by molar-refractivity contribution is -0.133. The maximum atomic E-state index is 5.96. The Bertz CT molecular complexity index is 601. The van der Waals surface area contributed by atoms with Crippen molar-refractivity contribution < 1.29 is 9.26 Å². The van der Waals surface area contributed by atoms with Crippen LogP contribution in [-0.2, 0) is 11.2 Å². The highest BCUT2D eigenvalue weighted by atomic mass is 127. The maximum absolute atomic E-state index is 5.96. The number of aromatic nitrogens is 2. The third-order valence-corrected chi connectivity index (χ3v) is 5.86. The zero-order valence-corrected chi connectivity index (χ0v) is 20.6. The average molecular weight is 507 g/mol.